The molecular weight excluding hydrogens is 319 g/mol. The summed E-state index contributed by atoms with van der Waals surface area (Å²) >= 11 is 0. The summed E-state index contributed by atoms with van der Waals surface area (Å²) in [6.07, 6.45) is 5.73. The van der Waals surface area contributed by atoms with Crippen molar-refractivity contribution in [3.63, 3.8) is 0 Å². The maximum Gasteiger partial charge on any atom is 0.221 e. The molecule has 3 heterocycles. The van der Waals surface area contributed by atoms with Crippen LogP contribution in [0.3, 0.4) is 0 Å². The summed E-state index contributed by atoms with van der Waals surface area (Å²) in [4.78, 5) is 13.1. The summed E-state index contributed by atoms with van der Waals surface area (Å²) in [5.41, 5.74) is 7.60. The fourth-order valence-electron chi connectivity index (χ4n) is 3.19. The second kappa shape index (κ2) is 6.60. The smallest absolute Gasteiger partial charge is 0.221 e. The van der Waals surface area contributed by atoms with Crippen LogP contribution >= 0.6 is 0 Å². The third-order valence-corrected chi connectivity index (χ3v) is 4.49. The van der Waals surface area contributed by atoms with Gasteiger partial charge in [0.2, 0.25) is 5.95 Å². The number of rotatable bonds is 3. The topological polar surface area (TPSA) is 81.6 Å². The van der Waals surface area contributed by atoms with Crippen LogP contribution in [-0.4, -0.2) is 32.6 Å². The quantitative estimate of drug-likeness (QED) is 0.767. The molecule has 0 atom stereocenters. The molecule has 0 spiro atoms. The third-order valence-electron chi connectivity index (χ3n) is 4.49. The number of nitrogen functional groups attached to an aromatic ring is 1. The van der Waals surface area contributed by atoms with Crippen molar-refractivity contribution in [1.82, 2.24) is 24.8 Å². The highest BCUT2D eigenvalue weighted by molar-refractivity contribution is 5.59. The molecule has 0 bridgehead atoms. The third kappa shape index (κ3) is 3.23. The fraction of sp³-hybridized carbons (Fsp3) is 0.278. The number of halogens is 1. The lowest BCUT2D eigenvalue weighted by Crippen LogP contribution is -2.26. The number of piperidine rings is 1. The van der Waals surface area contributed by atoms with E-state index in [1.165, 1.54) is 12.1 Å². The summed E-state index contributed by atoms with van der Waals surface area (Å²) in [6, 6.07) is 8.12. The van der Waals surface area contributed by atoms with Crippen molar-refractivity contribution < 1.29 is 4.39 Å². The molecule has 7 heteroatoms. The van der Waals surface area contributed by atoms with Gasteiger partial charge in [-0.25, -0.2) is 14.4 Å². The zero-order valence-corrected chi connectivity index (χ0v) is 13.7. The average molecular weight is 338 g/mol. The van der Waals surface area contributed by atoms with Crippen LogP contribution in [0.15, 0.2) is 42.7 Å². The molecular formula is C18H19FN6. The zero-order chi connectivity index (χ0) is 17.2. The number of nitrogens with one attached hydrogen (secondary N) is 1. The van der Waals surface area contributed by atoms with Crippen molar-refractivity contribution in [3.05, 3.63) is 54.2 Å². The monoisotopic (exact) mass is 338 g/mol. The minimum Gasteiger partial charge on any atom is -0.368 e. The van der Waals surface area contributed by atoms with Gasteiger partial charge in [0.25, 0.3) is 0 Å². The number of nitrogens with two attached hydrogens (primary N) is 1. The van der Waals surface area contributed by atoms with E-state index in [0.717, 1.165) is 43.0 Å². The zero-order valence-electron chi connectivity index (χ0n) is 13.7. The highest BCUT2D eigenvalue weighted by Gasteiger charge is 2.21. The maximum absolute atomic E-state index is 13.3. The predicted molar refractivity (Wildman–Crippen MR) is 93.8 cm³/mol. The van der Waals surface area contributed by atoms with E-state index >= 15 is 0 Å². The first kappa shape index (κ1) is 15.7. The lowest BCUT2D eigenvalue weighted by molar-refractivity contribution is 0.454. The second-order valence-corrected chi connectivity index (χ2v) is 6.16. The average Bonchev–Trinajstić information content (AvgIpc) is 3.08. The van der Waals surface area contributed by atoms with E-state index in [4.69, 9.17) is 10.7 Å². The van der Waals surface area contributed by atoms with Crippen LogP contribution in [0.4, 0.5) is 10.3 Å². The van der Waals surface area contributed by atoms with Crippen LogP contribution in [0.1, 0.15) is 24.5 Å². The second-order valence-electron chi connectivity index (χ2n) is 6.16. The van der Waals surface area contributed by atoms with Crippen LogP contribution in [0.25, 0.3) is 17.2 Å². The van der Waals surface area contributed by atoms with Gasteiger partial charge in [0.1, 0.15) is 17.5 Å². The Bertz CT molecular complexity index is 868. The number of imidazole rings is 1. The van der Waals surface area contributed by atoms with E-state index < -0.39 is 0 Å². The van der Waals surface area contributed by atoms with E-state index in [0.29, 0.717) is 11.7 Å². The molecule has 0 unspecified atom stereocenters. The molecule has 0 aliphatic carbocycles. The van der Waals surface area contributed by atoms with Crippen LogP contribution in [-0.2, 0) is 0 Å². The Labute approximate surface area is 144 Å². The summed E-state index contributed by atoms with van der Waals surface area (Å²) in [6.45, 7) is 1.98. The molecule has 0 radical (unpaired) electrons. The van der Waals surface area contributed by atoms with Crippen molar-refractivity contribution in [1.29, 1.82) is 0 Å². The fourth-order valence-corrected chi connectivity index (χ4v) is 3.19. The molecule has 0 saturated carbocycles. The van der Waals surface area contributed by atoms with E-state index in [-0.39, 0.29) is 11.8 Å². The minimum atomic E-state index is -0.272. The molecule has 1 aliphatic heterocycles. The maximum atomic E-state index is 13.3. The summed E-state index contributed by atoms with van der Waals surface area (Å²) in [5.74, 6) is 1.72. The highest BCUT2D eigenvalue weighted by Crippen LogP contribution is 2.29. The SMILES string of the molecule is Nc1nccc(-n2cc(C3CCNCC3)nc2-c2ccc(F)cc2)n1. The van der Waals surface area contributed by atoms with Gasteiger partial charge in [-0.2, -0.15) is 4.98 Å². The number of hydrogen-bond acceptors (Lipinski definition) is 5. The van der Waals surface area contributed by atoms with Crippen LogP contribution in [0.2, 0.25) is 0 Å². The molecule has 128 valence electrons. The van der Waals surface area contributed by atoms with Crippen molar-refractivity contribution in [2.75, 3.05) is 18.8 Å². The molecule has 0 amide bonds. The molecule has 4 rings (SSSR count). The highest BCUT2D eigenvalue weighted by atomic mass is 19.1. The van der Waals surface area contributed by atoms with Crippen LogP contribution in [0, 0.1) is 5.82 Å². The Balaban J connectivity index is 1.82. The Morgan fingerprint density at radius 1 is 1.08 bits per heavy atom. The van der Waals surface area contributed by atoms with Gasteiger partial charge in [0.05, 0.1) is 5.69 Å². The molecule has 25 heavy (non-hydrogen) atoms. The van der Waals surface area contributed by atoms with Crippen molar-refractivity contribution >= 4 is 5.95 Å². The van der Waals surface area contributed by atoms with Crippen molar-refractivity contribution in [3.8, 4) is 17.2 Å². The molecule has 3 N–H and O–H groups in total. The first-order chi connectivity index (χ1) is 12.2. The first-order valence-electron chi connectivity index (χ1n) is 8.35. The van der Waals surface area contributed by atoms with Gasteiger partial charge >= 0.3 is 0 Å². The summed E-state index contributed by atoms with van der Waals surface area (Å²) < 4.78 is 15.2. The Morgan fingerprint density at radius 2 is 1.84 bits per heavy atom. The largest absolute Gasteiger partial charge is 0.368 e. The Morgan fingerprint density at radius 3 is 2.56 bits per heavy atom. The minimum absolute atomic E-state index is 0.208. The summed E-state index contributed by atoms with van der Waals surface area (Å²) in [5, 5.41) is 3.37. The number of anilines is 1. The van der Waals surface area contributed by atoms with E-state index in [9.17, 15) is 4.39 Å². The van der Waals surface area contributed by atoms with E-state index in [1.807, 2.05) is 10.8 Å². The molecule has 6 nitrogen and oxygen atoms in total. The predicted octanol–water partition coefficient (Wildman–Crippen LogP) is 2.52. The van der Waals surface area contributed by atoms with E-state index in [1.54, 1.807) is 24.4 Å². The van der Waals surface area contributed by atoms with Crippen molar-refractivity contribution in [2.24, 2.45) is 0 Å². The van der Waals surface area contributed by atoms with Gasteiger partial charge < -0.3 is 11.1 Å². The van der Waals surface area contributed by atoms with Gasteiger partial charge in [-0.15, -0.1) is 0 Å². The molecule has 1 fully saturated rings. The molecule has 2 aromatic heterocycles. The molecule has 1 aliphatic rings. The standard InChI is InChI=1S/C18H19FN6/c19-14-3-1-13(2-4-14)17-23-15(12-5-8-21-9-6-12)11-25(17)16-7-10-22-18(20)24-16/h1-4,7,10-12,21H,5-6,8-9H2,(H2,20,22,24). The number of hydrogen-bond donors (Lipinski definition) is 2. The van der Waals surface area contributed by atoms with Crippen molar-refractivity contribution in [2.45, 2.75) is 18.8 Å². The lowest BCUT2D eigenvalue weighted by atomic mass is 9.95. The molecule has 1 saturated heterocycles. The number of aromatic nitrogens is 4. The van der Waals surface area contributed by atoms with Crippen LogP contribution < -0.4 is 11.1 Å². The first-order valence-corrected chi connectivity index (χ1v) is 8.35. The lowest BCUT2D eigenvalue weighted by Gasteiger charge is -2.20. The number of benzene rings is 1. The summed E-state index contributed by atoms with van der Waals surface area (Å²) in [7, 11) is 0. The molecule has 3 aromatic rings. The van der Waals surface area contributed by atoms with Gasteiger partial charge in [-0.05, 0) is 56.3 Å². The van der Waals surface area contributed by atoms with Gasteiger partial charge in [-0.3, -0.25) is 4.57 Å². The molecule has 1 aromatic carbocycles. The van der Waals surface area contributed by atoms with Gasteiger partial charge in [0.15, 0.2) is 0 Å². The van der Waals surface area contributed by atoms with Crippen LogP contribution in [0.5, 0.6) is 0 Å². The normalized spacial score (nSPS) is 15.4. The van der Waals surface area contributed by atoms with Gasteiger partial charge in [-0.1, -0.05) is 0 Å². The Kier molecular flexibility index (Phi) is 4.15. The Hall–Kier alpha value is -2.80. The van der Waals surface area contributed by atoms with Gasteiger partial charge in [0, 0.05) is 23.9 Å². The van der Waals surface area contributed by atoms with E-state index in [2.05, 4.69) is 15.3 Å². The number of nitrogens with zero attached hydrogens (tertiary/aromatic N) is 4.